The molecule has 1 atom stereocenters. The topological polar surface area (TPSA) is 124 Å². The zero-order valence-electron chi connectivity index (χ0n) is 18.1. The maximum atomic E-state index is 14.9. The molecule has 11 heteroatoms. The van der Waals surface area contributed by atoms with Crippen molar-refractivity contribution in [2.45, 2.75) is 12.5 Å². The van der Waals surface area contributed by atoms with Gasteiger partial charge in [-0.3, -0.25) is 14.3 Å². The van der Waals surface area contributed by atoms with Crippen molar-refractivity contribution in [3.05, 3.63) is 65.5 Å². The van der Waals surface area contributed by atoms with Gasteiger partial charge in [-0.1, -0.05) is 12.1 Å². The van der Waals surface area contributed by atoms with E-state index in [0.29, 0.717) is 18.5 Å². The van der Waals surface area contributed by atoms with Crippen molar-refractivity contribution >= 4 is 17.7 Å². The van der Waals surface area contributed by atoms with Crippen LogP contribution >= 0.6 is 0 Å². The first kappa shape index (κ1) is 23.8. The number of pyridine rings is 1. The maximum absolute atomic E-state index is 14.9. The maximum Gasteiger partial charge on any atom is 0.324 e. The summed E-state index contributed by atoms with van der Waals surface area (Å²) in [4.78, 5) is 28.5. The molecule has 0 aliphatic rings. The summed E-state index contributed by atoms with van der Waals surface area (Å²) in [5.74, 6) is -2.32. The standard InChI is InChI=1S/C22H24F2N6O3/c1-30-12-14(10-28-30)19-17(24)9-16(21(31)27-11-18(25)22(32)33-2)20(29-19)26-7-6-13-4-3-5-15(23)8-13/h3-5,8-10,12,18H,6-7,11,25H2,1-2H3,(H,26,29)(H,27,31)/t18-/m1/s1. The lowest BCUT2D eigenvalue weighted by Crippen LogP contribution is -2.43. The highest BCUT2D eigenvalue weighted by Gasteiger charge is 2.21. The lowest BCUT2D eigenvalue weighted by molar-refractivity contribution is -0.141. The minimum atomic E-state index is -1.07. The number of aromatic nitrogens is 3. The highest BCUT2D eigenvalue weighted by atomic mass is 19.1. The highest BCUT2D eigenvalue weighted by molar-refractivity contribution is 5.99. The third-order valence-corrected chi connectivity index (χ3v) is 4.78. The number of carbonyl (C=O) groups excluding carboxylic acids is 2. The van der Waals surface area contributed by atoms with Gasteiger partial charge >= 0.3 is 5.97 Å². The Bertz CT molecular complexity index is 1150. The van der Waals surface area contributed by atoms with E-state index in [9.17, 15) is 18.4 Å². The number of nitrogens with one attached hydrogen (secondary N) is 2. The van der Waals surface area contributed by atoms with Crippen LogP contribution in [0.3, 0.4) is 0 Å². The predicted octanol–water partition coefficient (Wildman–Crippen LogP) is 1.65. The fraction of sp³-hybridized carbons (Fsp3) is 0.273. The number of carbonyl (C=O) groups is 2. The van der Waals surface area contributed by atoms with E-state index < -0.39 is 23.7 Å². The molecule has 0 saturated heterocycles. The number of methoxy groups -OCH3 is 1. The van der Waals surface area contributed by atoms with Crippen molar-refractivity contribution in [1.82, 2.24) is 20.1 Å². The zero-order valence-corrected chi connectivity index (χ0v) is 18.1. The predicted molar refractivity (Wildman–Crippen MR) is 117 cm³/mol. The molecular weight excluding hydrogens is 434 g/mol. The number of nitrogens with zero attached hydrogens (tertiary/aromatic N) is 3. The number of benzene rings is 1. The number of aryl methyl sites for hydroxylation is 1. The molecule has 2 aromatic heterocycles. The van der Waals surface area contributed by atoms with Gasteiger partial charge in [0.15, 0.2) is 5.82 Å². The molecule has 0 unspecified atom stereocenters. The third-order valence-electron chi connectivity index (χ3n) is 4.78. The normalized spacial score (nSPS) is 11.7. The van der Waals surface area contributed by atoms with Crippen molar-refractivity contribution in [1.29, 1.82) is 0 Å². The first-order valence-corrected chi connectivity index (χ1v) is 10.1. The first-order chi connectivity index (χ1) is 15.8. The zero-order chi connectivity index (χ0) is 24.0. The van der Waals surface area contributed by atoms with Gasteiger partial charge in [-0.25, -0.2) is 13.8 Å². The smallest absolute Gasteiger partial charge is 0.324 e. The fourth-order valence-corrected chi connectivity index (χ4v) is 3.09. The fourth-order valence-electron chi connectivity index (χ4n) is 3.09. The molecule has 0 aliphatic carbocycles. The van der Waals surface area contributed by atoms with Crippen LogP contribution in [0.25, 0.3) is 11.3 Å². The van der Waals surface area contributed by atoms with Crippen molar-refractivity contribution in [3.63, 3.8) is 0 Å². The molecule has 0 radical (unpaired) electrons. The van der Waals surface area contributed by atoms with Crippen molar-refractivity contribution in [2.75, 3.05) is 25.5 Å². The van der Waals surface area contributed by atoms with Crippen LogP contribution in [-0.2, 0) is 23.0 Å². The average Bonchev–Trinajstić information content (AvgIpc) is 3.23. The van der Waals surface area contributed by atoms with Gasteiger partial charge in [-0.2, -0.15) is 5.10 Å². The van der Waals surface area contributed by atoms with E-state index in [1.54, 1.807) is 25.4 Å². The van der Waals surface area contributed by atoms with Gasteiger partial charge in [0.05, 0.1) is 18.9 Å². The van der Waals surface area contributed by atoms with Crippen LogP contribution in [0.5, 0.6) is 0 Å². The molecule has 0 fully saturated rings. The average molecular weight is 458 g/mol. The number of amides is 1. The van der Waals surface area contributed by atoms with E-state index in [4.69, 9.17) is 5.73 Å². The number of halogens is 2. The molecule has 9 nitrogen and oxygen atoms in total. The number of nitrogens with two attached hydrogens (primary N) is 1. The second kappa shape index (κ2) is 10.6. The molecule has 174 valence electrons. The van der Waals surface area contributed by atoms with Crippen LogP contribution in [0, 0.1) is 11.6 Å². The van der Waals surface area contributed by atoms with Crippen molar-refractivity contribution in [3.8, 4) is 11.3 Å². The summed E-state index contributed by atoms with van der Waals surface area (Å²) in [5.41, 5.74) is 6.76. The van der Waals surface area contributed by atoms with E-state index in [1.807, 2.05) is 0 Å². The summed E-state index contributed by atoms with van der Waals surface area (Å²) in [5, 5.41) is 9.52. The lowest BCUT2D eigenvalue weighted by Gasteiger charge is -2.15. The second-order valence-corrected chi connectivity index (χ2v) is 7.26. The molecule has 0 aliphatic heterocycles. The van der Waals surface area contributed by atoms with E-state index in [2.05, 4.69) is 25.5 Å². The van der Waals surface area contributed by atoms with Gasteiger partial charge in [0, 0.05) is 31.9 Å². The monoisotopic (exact) mass is 458 g/mol. The minimum Gasteiger partial charge on any atom is -0.468 e. The van der Waals surface area contributed by atoms with E-state index in [0.717, 1.165) is 11.6 Å². The van der Waals surface area contributed by atoms with Gasteiger partial charge in [0.1, 0.15) is 23.4 Å². The highest BCUT2D eigenvalue weighted by Crippen LogP contribution is 2.25. The largest absolute Gasteiger partial charge is 0.468 e. The van der Waals surface area contributed by atoms with Gasteiger partial charge in [0.25, 0.3) is 5.91 Å². The molecule has 0 saturated carbocycles. The van der Waals surface area contributed by atoms with Crippen LogP contribution in [-0.4, -0.2) is 52.9 Å². The Hall–Kier alpha value is -3.86. The number of rotatable bonds is 9. The van der Waals surface area contributed by atoms with E-state index >= 15 is 0 Å². The van der Waals surface area contributed by atoms with Crippen LogP contribution in [0.4, 0.5) is 14.6 Å². The summed E-state index contributed by atoms with van der Waals surface area (Å²) < 4.78 is 34.3. The number of ether oxygens (including phenoxy) is 1. The van der Waals surface area contributed by atoms with Crippen LogP contribution in [0.1, 0.15) is 15.9 Å². The van der Waals surface area contributed by atoms with Gasteiger partial charge in [-0.05, 0) is 30.2 Å². The summed E-state index contributed by atoms with van der Waals surface area (Å²) in [6.07, 6.45) is 3.49. The van der Waals surface area contributed by atoms with E-state index in [-0.39, 0.29) is 29.4 Å². The third kappa shape index (κ3) is 6.10. The summed E-state index contributed by atoms with van der Waals surface area (Å²) in [7, 11) is 2.87. The number of hydrogen-bond donors (Lipinski definition) is 3. The Morgan fingerprint density at radius 3 is 2.73 bits per heavy atom. The van der Waals surface area contributed by atoms with E-state index in [1.165, 1.54) is 30.1 Å². The van der Waals surface area contributed by atoms with Crippen molar-refractivity contribution in [2.24, 2.45) is 12.8 Å². The lowest BCUT2D eigenvalue weighted by atomic mass is 10.1. The Kier molecular flexibility index (Phi) is 7.67. The summed E-state index contributed by atoms with van der Waals surface area (Å²) in [6.45, 7) is 0.0940. The molecular formula is C22H24F2N6O3. The molecule has 33 heavy (non-hydrogen) atoms. The number of esters is 1. The SMILES string of the molecule is COC(=O)[C@H](N)CNC(=O)c1cc(F)c(-c2cnn(C)c2)nc1NCCc1cccc(F)c1. The summed E-state index contributed by atoms with van der Waals surface area (Å²) in [6, 6.07) is 6.11. The molecule has 3 rings (SSSR count). The molecule has 3 aromatic rings. The molecule has 1 amide bonds. The molecule has 4 N–H and O–H groups in total. The molecule has 0 spiro atoms. The van der Waals surface area contributed by atoms with Crippen LogP contribution in [0.15, 0.2) is 42.7 Å². The van der Waals surface area contributed by atoms with Crippen LogP contribution < -0.4 is 16.4 Å². The molecule has 0 bridgehead atoms. The number of hydrogen-bond acceptors (Lipinski definition) is 7. The minimum absolute atomic E-state index is 0.0131. The molecule has 2 heterocycles. The quantitative estimate of drug-likeness (QED) is 0.417. The Labute approximate surface area is 188 Å². The Balaban J connectivity index is 1.84. The first-order valence-electron chi connectivity index (χ1n) is 10.1. The number of anilines is 1. The van der Waals surface area contributed by atoms with Crippen molar-refractivity contribution < 1.29 is 23.1 Å². The van der Waals surface area contributed by atoms with Crippen LogP contribution in [0.2, 0.25) is 0 Å². The molecule has 1 aromatic carbocycles. The van der Waals surface area contributed by atoms with Gasteiger partial charge < -0.3 is 21.1 Å². The summed E-state index contributed by atoms with van der Waals surface area (Å²) >= 11 is 0. The van der Waals surface area contributed by atoms with Gasteiger partial charge in [0.2, 0.25) is 0 Å². The Morgan fingerprint density at radius 1 is 1.27 bits per heavy atom. The second-order valence-electron chi connectivity index (χ2n) is 7.26. The Morgan fingerprint density at radius 2 is 2.06 bits per heavy atom. The van der Waals surface area contributed by atoms with Gasteiger partial charge in [-0.15, -0.1) is 0 Å².